The fraction of sp³-hybridized carbons (Fsp3) is 0.632. The molecule has 1 saturated heterocycles. The Morgan fingerprint density at radius 2 is 2.14 bits per heavy atom. The van der Waals surface area contributed by atoms with E-state index in [9.17, 15) is 4.79 Å². The molecule has 1 aromatic rings. The van der Waals surface area contributed by atoms with Gasteiger partial charge in [0.05, 0.1) is 0 Å². The van der Waals surface area contributed by atoms with Crippen molar-refractivity contribution in [2.24, 2.45) is 0 Å². The highest BCUT2D eigenvalue weighted by molar-refractivity contribution is 5.95. The Bertz CT molecular complexity index is 498. The molecule has 0 aromatic heterocycles. The molecule has 0 bridgehead atoms. The molecule has 0 aliphatic carbocycles. The predicted octanol–water partition coefficient (Wildman–Crippen LogP) is 3.69. The summed E-state index contributed by atoms with van der Waals surface area (Å²) in [7, 11) is 0. The van der Waals surface area contributed by atoms with Crippen molar-refractivity contribution in [2.45, 2.75) is 58.9 Å². The second-order valence-corrected chi connectivity index (χ2v) is 6.52. The molecule has 3 nitrogen and oxygen atoms in total. The van der Waals surface area contributed by atoms with Gasteiger partial charge in [0.25, 0.3) is 5.91 Å². The maximum Gasteiger partial charge on any atom is 0.251 e. The Morgan fingerprint density at radius 1 is 1.32 bits per heavy atom. The zero-order valence-corrected chi connectivity index (χ0v) is 14.3. The predicted molar refractivity (Wildman–Crippen MR) is 92.4 cm³/mol. The number of likely N-dealkylation sites (tertiary alicyclic amines) is 1. The van der Waals surface area contributed by atoms with Crippen LogP contribution in [0.25, 0.3) is 0 Å². The van der Waals surface area contributed by atoms with Gasteiger partial charge in [0.1, 0.15) is 0 Å². The van der Waals surface area contributed by atoms with Crippen LogP contribution in [0.1, 0.15) is 60.5 Å². The maximum atomic E-state index is 12.2. The average molecular weight is 302 g/mol. The molecule has 0 spiro atoms. The minimum Gasteiger partial charge on any atom is -0.352 e. The summed E-state index contributed by atoms with van der Waals surface area (Å²) in [5, 5.41) is 3.07. The first kappa shape index (κ1) is 17.0. The first-order chi connectivity index (χ1) is 10.6. The number of carbonyl (C=O) groups excluding carboxylic acids is 1. The summed E-state index contributed by atoms with van der Waals surface area (Å²) in [5.74, 6) is 0.0585. The van der Waals surface area contributed by atoms with Crippen LogP contribution in [0.5, 0.6) is 0 Å². The van der Waals surface area contributed by atoms with Crippen LogP contribution in [-0.2, 0) is 0 Å². The molecule has 1 aliphatic rings. The van der Waals surface area contributed by atoms with Gasteiger partial charge in [0.2, 0.25) is 0 Å². The topological polar surface area (TPSA) is 32.3 Å². The quantitative estimate of drug-likeness (QED) is 0.813. The van der Waals surface area contributed by atoms with Crippen LogP contribution in [0.15, 0.2) is 18.2 Å². The van der Waals surface area contributed by atoms with Crippen molar-refractivity contribution in [1.82, 2.24) is 10.2 Å². The minimum absolute atomic E-state index is 0.0585. The average Bonchev–Trinajstić information content (AvgIpc) is 2.51. The van der Waals surface area contributed by atoms with Gasteiger partial charge in [-0.15, -0.1) is 0 Å². The van der Waals surface area contributed by atoms with Gasteiger partial charge in [0.15, 0.2) is 0 Å². The number of carbonyl (C=O) groups is 1. The molecule has 1 aromatic carbocycles. The third kappa shape index (κ3) is 4.57. The number of nitrogens with one attached hydrogen (secondary N) is 1. The highest BCUT2D eigenvalue weighted by atomic mass is 16.1. The molecular weight excluding hydrogens is 272 g/mol. The molecule has 122 valence electrons. The van der Waals surface area contributed by atoms with Crippen molar-refractivity contribution in [2.75, 3.05) is 19.6 Å². The third-order valence-corrected chi connectivity index (χ3v) is 4.75. The van der Waals surface area contributed by atoms with E-state index in [1.54, 1.807) is 0 Å². The molecule has 1 unspecified atom stereocenters. The van der Waals surface area contributed by atoms with Crippen LogP contribution in [0.4, 0.5) is 0 Å². The first-order valence-corrected chi connectivity index (χ1v) is 8.71. The van der Waals surface area contributed by atoms with E-state index >= 15 is 0 Å². The molecule has 2 rings (SSSR count). The Labute approximate surface area is 135 Å². The number of aryl methyl sites for hydroxylation is 2. The molecule has 1 N–H and O–H groups in total. The van der Waals surface area contributed by atoms with Crippen LogP contribution < -0.4 is 5.32 Å². The van der Waals surface area contributed by atoms with Crippen LogP contribution in [0.3, 0.4) is 0 Å². The van der Waals surface area contributed by atoms with Crippen molar-refractivity contribution in [3.63, 3.8) is 0 Å². The Kier molecular flexibility index (Phi) is 6.44. The van der Waals surface area contributed by atoms with Crippen molar-refractivity contribution < 1.29 is 4.79 Å². The van der Waals surface area contributed by atoms with Crippen LogP contribution in [0.2, 0.25) is 0 Å². The molecule has 0 saturated carbocycles. The molecule has 0 radical (unpaired) electrons. The lowest BCUT2D eigenvalue weighted by Crippen LogP contribution is -2.40. The summed E-state index contributed by atoms with van der Waals surface area (Å²) < 4.78 is 0. The summed E-state index contributed by atoms with van der Waals surface area (Å²) in [4.78, 5) is 14.8. The van der Waals surface area contributed by atoms with Crippen molar-refractivity contribution in [3.05, 3.63) is 34.9 Å². The van der Waals surface area contributed by atoms with Gasteiger partial charge >= 0.3 is 0 Å². The summed E-state index contributed by atoms with van der Waals surface area (Å²) in [6.45, 7) is 9.43. The lowest BCUT2D eigenvalue weighted by molar-refractivity contribution is 0.0946. The Hall–Kier alpha value is -1.35. The summed E-state index contributed by atoms with van der Waals surface area (Å²) >= 11 is 0. The van der Waals surface area contributed by atoms with Crippen molar-refractivity contribution >= 4 is 5.91 Å². The van der Waals surface area contributed by atoms with E-state index in [1.807, 2.05) is 19.1 Å². The van der Waals surface area contributed by atoms with E-state index in [4.69, 9.17) is 0 Å². The molecule has 1 atom stereocenters. The Morgan fingerprint density at radius 3 is 2.86 bits per heavy atom. The number of hydrogen-bond donors (Lipinski definition) is 1. The van der Waals surface area contributed by atoms with Gasteiger partial charge in [-0.25, -0.2) is 0 Å². The molecule has 1 fully saturated rings. The molecular formula is C19H30N2O. The highest BCUT2D eigenvalue weighted by Crippen LogP contribution is 2.19. The lowest BCUT2D eigenvalue weighted by Gasteiger charge is -2.35. The minimum atomic E-state index is 0.0585. The molecule has 1 amide bonds. The summed E-state index contributed by atoms with van der Waals surface area (Å²) in [5.41, 5.74) is 3.05. The number of rotatable bonds is 6. The number of nitrogens with zero attached hydrogens (tertiary/aromatic N) is 1. The van der Waals surface area contributed by atoms with Gasteiger partial charge in [-0.3, -0.25) is 4.79 Å². The zero-order valence-electron chi connectivity index (χ0n) is 14.3. The number of benzene rings is 1. The molecule has 1 heterocycles. The second-order valence-electron chi connectivity index (χ2n) is 6.52. The Balaban J connectivity index is 1.75. The van der Waals surface area contributed by atoms with E-state index in [0.29, 0.717) is 0 Å². The second kappa shape index (κ2) is 8.33. The fourth-order valence-electron chi connectivity index (χ4n) is 3.46. The fourth-order valence-corrected chi connectivity index (χ4v) is 3.46. The number of hydrogen-bond acceptors (Lipinski definition) is 2. The third-order valence-electron chi connectivity index (χ3n) is 4.75. The maximum absolute atomic E-state index is 12.2. The lowest BCUT2D eigenvalue weighted by atomic mass is 10.00. The van der Waals surface area contributed by atoms with E-state index < -0.39 is 0 Å². The van der Waals surface area contributed by atoms with Gasteiger partial charge in [-0.05, 0) is 57.7 Å². The molecule has 3 heteroatoms. The van der Waals surface area contributed by atoms with Crippen molar-refractivity contribution in [1.29, 1.82) is 0 Å². The largest absolute Gasteiger partial charge is 0.352 e. The normalized spacial score (nSPS) is 19.1. The van der Waals surface area contributed by atoms with Crippen LogP contribution in [0, 0.1) is 13.8 Å². The molecule has 22 heavy (non-hydrogen) atoms. The van der Waals surface area contributed by atoms with Gasteiger partial charge in [-0.2, -0.15) is 0 Å². The monoisotopic (exact) mass is 302 g/mol. The van der Waals surface area contributed by atoms with Gasteiger partial charge in [0, 0.05) is 24.7 Å². The molecule has 1 aliphatic heterocycles. The highest BCUT2D eigenvalue weighted by Gasteiger charge is 2.19. The number of amides is 1. The van der Waals surface area contributed by atoms with E-state index in [1.165, 1.54) is 37.8 Å². The smallest absolute Gasteiger partial charge is 0.251 e. The summed E-state index contributed by atoms with van der Waals surface area (Å²) in [6, 6.07) is 6.75. The number of piperidine rings is 1. The van der Waals surface area contributed by atoms with E-state index in [2.05, 4.69) is 30.1 Å². The van der Waals surface area contributed by atoms with Crippen molar-refractivity contribution in [3.8, 4) is 0 Å². The van der Waals surface area contributed by atoms with Gasteiger partial charge in [-0.1, -0.05) is 31.0 Å². The van der Waals surface area contributed by atoms with Crippen LogP contribution in [-0.4, -0.2) is 36.5 Å². The standard InChI is InChI=1S/C19H30N2O/c1-4-17-8-5-6-12-21(17)13-7-11-20-19(22)18-10-9-15(2)14-16(18)3/h9-10,14,17H,4-8,11-13H2,1-3H3,(H,20,22). The van der Waals surface area contributed by atoms with E-state index in [-0.39, 0.29) is 5.91 Å². The zero-order chi connectivity index (χ0) is 15.9. The first-order valence-electron chi connectivity index (χ1n) is 8.71. The summed E-state index contributed by atoms with van der Waals surface area (Å²) in [6.07, 6.45) is 6.32. The van der Waals surface area contributed by atoms with E-state index in [0.717, 1.165) is 36.7 Å². The SMILES string of the molecule is CCC1CCCCN1CCCNC(=O)c1ccc(C)cc1C. The van der Waals surface area contributed by atoms with Gasteiger partial charge < -0.3 is 10.2 Å². The van der Waals surface area contributed by atoms with Crippen LogP contribution >= 0.6 is 0 Å².